The van der Waals surface area contributed by atoms with Crippen LogP contribution in [-0.4, -0.2) is 34.3 Å². The second-order valence-corrected chi connectivity index (χ2v) is 11.7. The Morgan fingerprint density at radius 1 is 0.966 bits per heavy atom. The van der Waals surface area contributed by atoms with Gasteiger partial charge in [0.15, 0.2) is 5.78 Å². The zero-order valence-corrected chi connectivity index (χ0v) is 19.5. The van der Waals surface area contributed by atoms with E-state index in [4.69, 9.17) is 9.47 Å². The number of fused-ring (bicyclic) bond motifs is 5. The van der Waals surface area contributed by atoms with E-state index in [9.17, 15) is 14.4 Å². The van der Waals surface area contributed by atoms with Crippen LogP contribution in [0.25, 0.3) is 0 Å². The van der Waals surface area contributed by atoms with E-state index in [0.29, 0.717) is 18.3 Å². The minimum Gasteiger partial charge on any atom is -0.463 e. The lowest BCUT2D eigenvalue weighted by Gasteiger charge is -2.64. The number of esters is 2. The van der Waals surface area contributed by atoms with Gasteiger partial charge in [-0.1, -0.05) is 29.8 Å². The van der Waals surface area contributed by atoms with Crippen molar-refractivity contribution in [2.75, 3.05) is 0 Å². The number of halogens is 1. The van der Waals surface area contributed by atoms with Gasteiger partial charge < -0.3 is 9.47 Å². The highest BCUT2D eigenvalue weighted by Gasteiger charge is 2.70. The molecular weight excluding hydrogens is 436 g/mol. The zero-order chi connectivity index (χ0) is 21.2. The molecule has 0 N–H and O–H groups in total. The van der Waals surface area contributed by atoms with E-state index in [1.807, 2.05) is 0 Å². The zero-order valence-electron chi connectivity index (χ0n) is 18.0. The number of rotatable bonds is 2. The maximum atomic E-state index is 13.8. The molecule has 0 amide bonds. The summed E-state index contributed by atoms with van der Waals surface area (Å²) in [4.78, 5) is 36.9. The van der Waals surface area contributed by atoms with Crippen molar-refractivity contribution in [3.8, 4) is 0 Å². The molecule has 6 heteroatoms. The first kappa shape index (κ1) is 21.3. The molecular formula is C23H33BrO5. The molecule has 0 bridgehead atoms. The number of Topliss-reactive ketones (excluding diaryl/α,β-unsaturated/α-hetero) is 1. The molecule has 0 spiro atoms. The van der Waals surface area contributed by atoms with Crippen LogP contribution >= 0.6 is 15.9 Å². The lowest BCUT2D eigenvalue weighted by atomic mass is 9.44. The smallest absolute Gasteiger partial charge is 0.302 e. The maximum Gasteiger partial charge on any atom is 0.302 e. The van der Waals surface area contributed by atoms with Gasteiger partial charge in [0.1, 0.15) is 12.2 Å². The van der Waals surface area contributed by atoms with Crippen molar-refractivity contribution in [2.45, 2.75) is 95.6 Å². The Kier molecular flexibility index (Phi) is 5.20. The predicted octanol–water partition coefficient (Wildman–Crippen LogP) is 4.59. The third-order valence-corrected chi connectivity index (χ3v) is 10.9. The monoisotopic (exact) mass is 468 g/mol. The molecule has 0 heterocycles. The van der Waals surface area contributed by atoms with Crippen LogP contribution in [0, 0.1) is 28.6 Å². The van der Waals surface area contributed by atoms with Gasteiger partial charge in [0, 0.05) is 25.7 Å². The van der Waals surface area contributed by atoms with Crippen molar-refractivity contribution in [3.63, 3.8) is 0 Å². The molecule has 29 heavy (non-hydrogen) atoms. The van der Waals surface area contributed by atoms with E-state index < -0.39 is 4.32 Å². The molecule has 8 unspecified atom stereocenters. The Bertz CT molecular complexity index is 737. The number of ketones is 1. The number of alkyl halides is 1. The molecule has 4 aliphatic carbocycles. The van der Waals surface area contributed by atoms with Crippen LogP contribution in [0.4, 0.5) is 0 Å². The van der Waals surface area contributed by atoms with E-state index in [-0.39, 0.29) is 46.7 Å². The van der Waals surface area contributed by atoms with Crippen molar-refractivity contribution in [1.82, 2.24) is 0 Å². The highest BCUT2D eigenvalue weighted by atomic mass is 79.9. The number of carbonyl (C=O) groups excluding carboxylic acids is 3. The highest BCUT2D eigenvalue weighted by molar-refractivity contribution is 9.10. The molecule has 5 nitrogen and oxygen atoms in total. The number of hydrogen-bond donors (Lipinski definition) is 0. The van der Waals surface area contributed by atoms with E-state index >= 15 is 0 Å². The van der Waals surface area contributed by atoms with Crippen molar-refractivity contribution < 1.29 is 23.9 Å². The van der Waals surface area contributed by atoms with E-state index in [1.165, 1.54) is 13.8 Å². The Hall–Kier alpha value is -0.910. The van der Waals surface area contributed by atoms with Crippen LogP contribution in [-0.2, 0) is 23.9 Å². The Labute approximate surface area is 181 Å². The largest absolute Gasteiger partial charge is 0.463 e. The average molecular weight is 469 g/mol. The third-order valence-electron chi connectivity index (χ3n) is 9.00. The lowest BCUT2D eigenvalue weighted by Crippen LogP contribution is -2.67. The minimum atomic E-state index is -0.528. The molecule has 0 aromatic carbocycles. The summed E-state index contributed by atoms with van der Waals surface area (Å²) in [5, 5.41) is 0. The van der Waals surface area contributed by atoms with E-state index in [1.54, 1.807) is 0 Å². The van der Waals surface area contributed by atoms with Gasteiger partial charge >= 0.3 is 11.9 Å². The minimum absolute atomic E-state index is 0.0259. The highest BCUT2D eigenvalue weighted by Crippen LogP contribution is 2.70. The second kappa shape index (κ2) is 7.06. The van der Waals surface area contributed by atoms with Crippen LogP contribution in [0.1, 0.15) is 79.1 Å². The van der Waals surface area contributed by atoms with E-state index in [2.05, 4.69) is 29.8 Å². The molecule has 4 fully saturated rings. The summed E-state index contributed by atoms with van der Waals surface area (Å²) in [7, 11) is 0. The normalized spacial score (nSPS) is 48.9. The average Bonchev–Trinajstić information content (AvgIpc) is 2.92. The van der Waals surface area contributed by atoms with Gasteiger partial charge in [0.2, 0.25) is 0 Å². The first-order chi connectivity index (χ1) is 13.5. The van der Waals surface area contributed by atoms with Gasteiger partial charge in [0.05, 0.1) is 4.32 Å². The fourth-order valence-electron chi connectivity index (χ4n) is 7.63. The third kappa shape index (κ3) is 3.02. The summed E-state index contributed by atoms with van der Waals surface area (Å²) in [6, 6.07) is 0. The molecule has 0 aliphatic heterocycles. The molecule has 0 radical (unpaired) electrons. The first-order valence-corrected chi connectivity index (χ1v) is 11.9. The Balaban J connectivity index is 1.63. The standard InChI is InChI=1S/C23H33BrO5/c1-13(25)28-16-9-10-22(4)15(11-16)5-6-18-17-7-8-20(29-14(2)26)21(17,3)12-19(27)23(18,22)24/h15-18,20H,5-12H2,1-4H3. The molecule has 0 aromatic rings. The topological polar surface area (TPSA) is 69.7 Å². The molecule has 4 rings (SSSR count). The fraction of sp³-hybridized carbons (Fsp3) is 0.870. The van der Waals surface area contributed by atoms with Crippen LogP contribution in [0.5, 0.6) is 0 Å². The van der Waals surface area contributed by atoms with Crippen molar-refractivity contribution >= 4 is 33.7 Å². The number of ether oxygens (including phenoxy) is 2. The molecule has 0 aromatic heterocycles. The van der Waals surface area contributed by atoms with Crippen LogP contribution in [0.3, 0.4) is 0 Å². The summed E-state index contributed by atoms with van der Waals surface area (Å²) < 4.78 is 10.7. The Morgan fingerprint density at radius 2 is 1.62 bits per heavy atom. The van der Waals surface area contributed by atoms with Gasteiger partial charge in [-0.2, -0.15) is 0 Å². The summed E-state index contributed by atoms with van der Waals surface area (Å²) in [5.41, 5.74) is -0.396. The lowest BCUT2D eigenvalue weighted by molar-refractivity contribution is -0.169. The van der Waals surface area contributed by atoms with Crippen molar-refractivity contribution in [1.29, 1.82) is 0 Å². The van der Waals surface area contributed by atoms with Crippen molar-refractivity contribution in [3.05, 3.63) is 0 Å². The molecule has 8 atom stereocenters. The summed E-state index contributed by atoms with van der Waals surface area (Å²) in [6.45, 7) is 7.38. The molecule has 4 saturated carbocycles. The predicted molar refractivity (Wildman–Crippen MR) is 111 cm³/mol. The van der Waals surface area contributed by atoms with Crippen LogP contribution < -0.4 is 0 Å². The molecule has 0 saturated heterocycles. The fourth-order valence-corrected chi connectivity index (χ4v) is 8.84. The van der Waals surface area contributed by atoms with Gasteiger partial charge in [-0.15, -0.1) is 0 Å². The summed E-state index contributed by atoms with van der Waals surface area (Å²) in [6.07, 6.45) is 6.75. The molecule has 162 valence electrons. The van der Waals surface area contributed by atoms with Crippen LogP contribution in [0.15, 0.2) is 0 Å². The van der Waals surface area contributed by atoms with E-state index in [0.717, 1.165) is 44.9 Å². The van der Waals surface area contributed by atoms with Crippen molar-refractivity contribution in [2.24, 2.45) is 28.6 Å². The summed E-state index contributed by atoms with van der Waals surface area (Å²) >= 11 is 4.07. The van der Waals surface area contributed by atoms with Gasteiger partial charge in [0.25, 0.3) is 0 Å². The SMILES string of the molecule is CC(=O)OC1CCC2(C)C(CCC3C4CCC(OC(C)=O)C4(C)CC(=O)C32Br)C1. The quantitative estimate of drug-likeness (QED) is 0.437. The van der Waals surface area contributed by atoms with Gasteiger partial charge in [-0.05, 0) is 68.1 Å². The Morgan fingerprint density at radius 3 is 2.28 bits per heavy atom. The number of carbonyl (C=O) groups is 3. The number of hydrogen-bond acceptors (Lipinski definition) is 5. The second-order valence-electron chi connectivity index (χ2n) is 10.4. The first-order valence-electron chi connectivity index (χ1n) is 11.1. The van der Waals surface area contributed by atoms with Crippen LogP contribution in [0.2, 0.25) is 0 Å². The summed E-state index contributed by atoms with van der Waals surface area (Å²) in [5.74, 6) is 0.828. The molecule has 4 aliphatic rings. The van der Waals surface area contributed by atoms with Gasteiger partial charge in [-0.3, -0.25) is 14.4 Å². The maximum absolute atomic E-state index is 13.8. The van der Waals surface area contributed by atoms with Gasteiger partial charge in [-0.25, -0.2) is 0 Å².